The molecule has 0 radical (unpaired) electrons. The predicted molar refractivity (Wildman–Crippen MR) is 158 cm³/mol. The summed E-state index contributed by atoms with van der Waals surface area (Å²) in [4.78, 5) is 37.0. The monoisotopic (exact) mass is 577 g/mol. The number of ketones is 1. The number of halogens is 1. The van der Waals surface area contributed by atoms with Gasteiger partial charge in [0.05, 0.1) is 18.6 Å². The summed E-state index contributed by atoms with van der Waals surface area (Å²) in [6.07, 6.45) is 4.05. The van der Waals surface area contributed by atoms with Gasteiger partial charge in [-0.25, -0.2) is 0 Å². The molecular weight excluding hydrogens is 542 g/mol. The Hall–Kier alpha value is -3.84. The van der Waals surface area contributed by atoms with Crippen molar-refractivity contribution in [3.8, 4) is 11.5 Å². The fourth-order valence-electron chi connectivity index (χ4n) is 4.76. The molecule has 0 bridgehead atoms. The van der Waals surface area contributed by atoms with Crippen molar-refractivity contribution in [1.29, 1.82) is 0 Å². The lowest BCUT2D eigenvalue weighted by atomic mass is 9.87. The van der Waals surface area contributed by atoms with E-state index in [1.807, 2.05) is 43.3 Å². The Morgan fingerprint density at radius 2 is 1.51 bits per heavy atom. The van der Waals surface area contributed by atoms with Crippen molar-refractivity contribution in [3.05, 3.63) is 94.5 Å². The summed E-state index contributed by atoms with van der Waals surface area (Å²) in [5.41, 5.74) is 2.02. The molecule has 0 heterocycles. The highest BCUT2D eigenvalue weighted by molar-refractivity contribution is 6.31. The number of carbonyl (C=O) groups is 3. The van der Waals surface area contributed by atoms with Crippen LogP contribution in [0.2, 0.25) is 5.02 Å². The Balaban J connectivity index is 1.13. The van der Waals surface area contributed by atoms with Gasteiger partial charge in [-0.15, -0.1) is 0 Å². The van der Waals surface area contributed by atoms with Crippen LogP contribution >= 0.6 is 11.6 Å². The highest BCUT2D eigenvalue weighted by Crippen LogP contribution is 2.29. The standard InChI is InChI=1S/C33H36ClNO6/c1-2-39-33(38)25-13-19-29(20-14-25)41-28-17-9-23(10-18-28)31(36)8-5-21-35-32(37)24-11-15-27(16-12-24)40-22-26-6-3-4-7-30(26)34/h3-4,6-7,9-12,15-18,25,29H,2,5,8,13-14,19-22H2,1H3,(H,35,37). The Labute approximate surface area is 246 Å². The van der Waals surface area contributed by atoms with Gasteiger partial charge in [0.15, 0.2) is 5.78 Å². The van der Waals surface area contributed by atoms with Crippen LogP contribution in [0.15, 0.2) is 72.8 Å². The van der Waals surface area contributed by atoms with Gasteiger partial charge in [0, 0.05) is 34.7 Å². The van der Waals surface area contributed by atoms with E-state index < -0.39 is 0 Å². The van der Waals surface area contributed by atoms with Crippen LogP contribution in [-0.4, -0.2) is 36.9 Å². The van der Waals surface area contributed by atoms with Crippen molar-refractivity contribution in [1.82, 2.24) is 5.32 Å². The van der Waals surface area contributed by atoms with E-state index in [9.17, 15) is 14.4 Å². The first-order valence-corrected chi connectivity index (χ1v) is 14.5. The van der Waals surface area contributed by atoms with Crippen molar-refractivity contribution >= 4 is 29.3 Å². The second-order valence-electron chi connectivity index (χ2n) is 10.1. The van der Waals surface area contributed by atoms with Crippen LogP contribution in [0.4, 0.5) is 0 Å². The normalized spacial score (nSPS) is 16.4. The molecule has 0 unspecified atom stereocenters. The summed E-state index contributed by atoms with van der Waals surface area (Å²) in [5, 5.41) is 3.51. The van der Waals surface area contributed by atoms with E-state index in [1.54, 1.807) is 36.4 Å². The van der Waals surface area contributed by atoms with Gasteiger partial charge in [0.25, 0.3) is 5.91 Å². The first-order chi connectivity index (χ1) is 19.9. The molecule has 0 spiro atoms. The number of carbonyl (C=O) groups excluding carboxylic acids is 3. The second kappa shape index (κ2) is 15.2. The number of nitrogens with one attached hydrogen (secondary N) is 1. The fraction of sp³-hybridized carbons (Fsp3) is 0.364. The summed E-state index contributed by atoms with van der Waals surface area (Å²) < 4.78 is 17.0. The quantitative estimate of drug-likeness (QED) is 0.136. The number of hydrogen-bond donors (Lipinski definition) is 1. The number of hydrogen-bond acceptors (Lipinski definition) is 6. The number of benzene rings is 3. The van der Waals surface area contributed by atoms with Gasteiger partial charge >= 0.3 is 5.97 Å². The zero-order chi connectivity index (χ0) is 29.0. The maximum atomic E-state index is 12.6. The number of ether oxygens (including phenoxy) is 3. The molecule has 3 aromatic rings. The van der Waals surface area contributed by atoms with Gasteiger partial charge in [0.2, 0.25) is 0 Å². The van der Waals surface area contributed by atoms with Crippen LogP contribution < -0.4 is 14.8 Å². The smallest absolute Gasteiger partial charge is 0.308 e. The largest absolute Gasteiger partial charge is 0.490 e. The van der Waals surface area contributed by atoms with Crippen LogP contribution in [0.5, 0.6) is 11.5 Å². The summed E-state index contributed by atoms with van der Waals surface area (Å²) in [6, 6.07) is 21.6. The third-order valence-corrected chi connectivity index (χ3v) is 7.48. The van der Waals surface area contributed by atoms with Crippen molar-refractivity contribution in [2.24, 2.45) is 5.92 Å². The topological polar surface area (TPSA) is 90.9 Å². The average Bonchev–Trinajstić information content (AvgIpc) is 3.00. The lowest BCUT2D eigenvalue weighted by Gasteiger charge is -2.27. The molecule has 0 atom stereocenters. The molecule has 8 heteroatoms. The van der Waals surface area contributed by atoms with Crippen molar-refractivity contribution in [2.45, 2.75) is 58.2 Å². The molecule has 0 aliphatic heterocycles. The van der Waals surface area contributed by atoms with Gasteiger partial charge in [-0.3, -0.25) is 14.4 Å². The minimum absolute atomic E-state index is 0.0146. The van der Waals surface area contributed by atoms with Crippen LogP contribution in [0.1, 0.15) is 71.7 Å². The van der Waals surface area contributed by atoms with Gasteiger partial charge < -0.3 is 19.5 Å². The number of esters is 1. The van der Waals surface area contributed by atoms with E-state index in [1.165, 1.54) is 0 Å². The Bertz CT molecular complexity index is 1300. The zero-order valence-corrected chi connectivity index (χ0v) is 24.0. The first kappa shape index (κ1) is 30.1. The third-order valence-electron chi connectivity index (χ3n) is 7.11. The van der Waals surface area contributed by atoms with E-state index in [4.69, 9.17) is 25.8 Å². The molecule has 4 rings (SSSR count). The number of rotatable bonds is 13. The number of Topliss-reactive ketones (excluding diaryl/α,β-unsaturated/α-hetero) is 1. The Morgan fingerprint density at radius 3 is 2.20 bits per heavy atom. The Kier molecular flexibility index (Phi) is 11.2. The Morgan fingerprint density at radius 1 is 0.854 bits per heavy atom. The molecule has 41 heavy (non-hydrogen) atoms. The lowest BCUT2D eigenvalue weighted by molar-refractivity contribution is -0.149. The van der Waals surface area contributed by atoms with Crippen molar-refractivity contribution < 1.29 is 28.6 Å². The fourth-order valence-corrected chi connectivity index (χ4v) is 4.95. The molecule has 1 saturated carbocycles. The molecule has 3 aromatic carbocycles. The summed E-state index contributed by atoms with van der Waals surface area (Å²) in [7, 11) is 0. The maximum absolute atomic E-state index is 12.6. The van der Waals surface area contributed by atoms with E-state index in [0.29, 0.717) is 60.2 Å². The minimum atomic E-state index is -0.201. The summed E-state index contributed by atoms with van der Waals surface area (Å²) in [6.45, 7) is 2.97. The van der Waals surface area contributed by atoms with E-state index >= 15 is 0 Å². The predicted octanol–water partition coefficient (Wildman–Crippen LogP) is 6.81. The number of amides is 1. The molecule has 1 aliphatic carbocycles. The van der Waals surface area contributed by atoms with Gasteiger partial charge in [-0.05, 0) is 93.6 Å². The molecule has 1 N–H and O–H groups in total. The van der Waals surface area contributed by atoms with Gasteiger partial charge in [0.1, 0.15) is 18.1 Å². The molecular formula is C33H36ClNO6. The molecule has 216 valence electrons. The SMILES string of the molecule is CCOC(=O)C1CCC(Oc2ccc(C(=O)CCCNC(=O)c3ccc(OCc4ccccc4Cl)cc3)cc2)CC1. The lowest BCUT2D eigenvalue weighted by Crippen LogP contribution is -2.29. The first-order valence-electron chi connectivity index (χ1n) is 14.1. The van der Waals surface area contributed by atoms with E-state index in [2.05, 4.69) is 5.32 Å². The van der Waals surface area contributed by atoms with Crippen molar-refractivity contribution in [3.63, 3.8) is 0 Å². The highest BCUT2D eigenvalue weighted by atomic mass is 35.5. The van der Waals surface area contributed by atoms with Crippen LogP contribution in [-0.2, 0) is 16.1 Å². The summed E-state index contributed by atoms with van der Waals surface area (Å²) in [5.74, 6) is 1.02. The highest BCUT2D eigenvalue weighted by Gasteiger charge is 2.28. The molecule has 1 amide bonds. The van der Waals surface area contributed by atoms with Crippen molar-refractivity contribution in [2.75, 3.05) is 13.2 Å². The minimum Gasteiger partial charge on any atom is -0.490 e. The molecule has 1 aliphatic rings. The van der Waals surface area contributed by atoms with Gasteiger partial charge in [-0.1, -0.05) is 29.8 Å². The van der Waals surface area contributed by atoms with Crippen LogP contribution in [0, 0.1) is 5.92 Å². The van der Waals surface area contributed by atoms with Crippen LogP contribution in [0.3, 0.4) is 0 Å². The van der Waals surface area contributed by atoms with E-state index in [-0.39, 0.29) is 29.7 Å². The van der Waals surface area contributed by atoms with Gasteiger partial charge in [-0.2, -0.15) is 0 Å². The molecule has 7 nitrogen and oxygen atoms in total. The maximum Gasteiger partial charge on any atom is 0.308 e. The average molecular weight is 578 g/mol. The second-order valence-corrected chi connectivity index (χ2v) is 10.5. The third kappa shape index (κ3) is 9.08. The van der Waals surface area contributed by atoms with E-state index in [0.717, 1.165) is 31.2 Å². The molecule has 0 aromatic heterocycles. The zero-order valence-electron chi connectivity index (χ0n) is 23.3. The summed E-state index contributed by atoms with van der Waals surface area (Å²) >= 11 is 6.16. The molecule has 0 saturated heterocycles. The van der Waals surface area contributed by atoms with Crippen LogP contribution in [0.25, 0.3) is 0 Å². The molecule has 1 fully saturated rings.